The number of rotatable bonds is 42. The topological polar surface area (TPSA) is 78.9 Å². The quantitative estimate of drug-likeness (QED) is 0.0200. The molecule has 0 N–H and O–H groups in total. The molecule has 0 aliphatic heterocycles. The largest absolute Gasteiger partial charge is 0.462 e. The van der Waals surface area contributed by atoms with Gasteiger partial charge in [-0.3, -0.25) is 14.4 Å². The molecule has 0 fully saturated rings. The van der Waals surface area contributed by atoms with Crippen molar-refractivity contribution in [3.05, 3.63) is 158 Å². The highest BCUT2D eigenvalue weighted by Crippen LogP contribution is 2.11. The van der Waals surface area contributed by atoms with Gasteiger partial charge in [0.05, 0.1) is 0 Å². The summed E-state index contributed by atoms with van der Waals surface area (Å²) in [5.74, 6) is -1.09. The van der Waals surface area contributed by atoms with Crippen LogP contribution in [0.2, 0.25) is 0 Å². The van der Waals surface area contributed by atoms with E-state index in [-0.39, 0.29) is 44.4 Å². The fraction of sp³-hybridized carbons (Fsp3) is 0.508. The molecule has 6 nitrogen and oxygen atoms in total. The van der Waals surface area contributed by atoms with Crippen molar-refractivity contribution in [2.24, 2.45) is 0 Å². The first-order valence-corrected chi connectivity index (χ1v) is 25.1. The number of unbranched alkanes of at least 4 members (excludes halogenated alkanes) is 13. The Morgan fingerprint density at radius 3 is 1.12 bits per heavy atom. The lowest BCUT2D eigenvalue weighted by Crippen LogP contribution is -2.30. The van der Waals surface area contributed by atoms with E-state index in [2.05, 4.69) is 81.5 Å². The van der Waals surface area contributed by atoms with Gasteiger partial charge in [0, 0.05) is 19.3 Å². The Labute approximate surface area is 397 Å². The zero-order valence-corrected chi connectivity index (χ0v) is 40.9. The molecule has 1 atom stereocenters. The number of carbonyl (C=O) groups excluding carboxylic acids is 3. The minimum atomic E-state index is -0.847. The van der Waals surface area contributed by atoms with Crippen LogP contribution >= 0.6 is 0 Å². The molecule has 65 heavy (non-hydrogen) atoms. The Bertz CT molecular complexity index is 1540. The average molecular weight is 893 g/mol. The number of allylic oxidation sites excluding steroid dienone is 26. The standard InChI is InChI=1S/C59H88O6/c1-4-7-10-13-16-19-22-25-27-29-31-34-37-40-43-46-49-52-58(61)64-55-56(54-63-57(60)51-48-45-42-39-36-33-24-21-18-15-12-9-6-3)65-59(62)53-50-47-44-41-38-35-32-30-28-26-23-20-17-14-11-8-5-2/h7,9-10,12-13,15-16,18-19,21-22,24-29,31-37,41,44,56H,4-6,8,11,14,17,20,23,30,38-40,42-43,45-55H2,1-3H3/b10-7-,12-9-,16-13-,18-15-,22-19-,24-21-,27-25-,28-26-,31-29+,35-32-,36-33-,37-34-,44-41-. The Morgan fingerprint density at radius 1 is 0.338 bits per heavy atom. The third-order valence-corrected chi connectivity index (χ3v) is 9.75. The first kappa shape index (κ1) is 60.0. The van der Waals surface area contributed by atoms with E-state index in [1.165, 1.54) is 44.9 Å². The van der Waals surface area contributed by atoms with Crippen LogP contribution < -0.4 is 0 Å². The highest BCUT2D eigenvalue weighted by atomic mass is 16.6. The van der Waals surface area contributed by atoms with E-state index in [0.717, 1.165) is 70.6 Å². The summed E-state index contributed by atoms with van der Waals surface area (Å²) in [5.41, 5.74) is 0. The van der Waals surface area contributed by atoms with E-state index in [0.29, 0.717) is 19.3 Å². The highest BCUT2D eigenvalue weighted by Gasteiger charge is 2.19. The Kier molecular flexibility index (Phi) is 47.7. The summed E-state index contributed by atoms with van der Waals surface area (Å²) in [7, 11) is 0. The van der Waals surface area contributed by atoms with E-state index >= 15 is 0 Å². The summed E-state index contributed by atoms with van der Waals surface area (Å²) in [6.45, 7) is 6.19. The van der Waals surface area contributed by atoms with Gasteiger partial charge < -0.3 is 14.2 Å². The van der Waals surface area contributed by atoms with Crippen LogP contribution in [-0.2, 0) is 28.6 Å². The molecule has 0 saturated heterocycles. The Morgan fingerprint density at radius 2 is 0.677 bits per heavy atom. The third kappa shape index (κ3) is 49.9. The van der Waals surface area contributed by atoms with Crippen molar-refractivity contribution < 1.29 is 28.6 Å². The molecule has 0 aliphatic carbocycles. The predicted molar refractivity (Wildman–Crippen MR) is 278 cm³/mol. The average Bonchev–Trinajstić information content (AvgIpc) is 3.30. The van der Waals surface area contributed by atoms with Gasteiger partial charge in [0.2, 0.25) is 0 Å². The SMILES string of the molecule is CC\C=C/C=C\C=C/C=C\C=C\C=C/CCCCCC(=O)OCC(COC(=O)CCCCC\C=C/C=C\C=C/C=C\CC)OC(=O)CCC/C=C\C/C=C\C/C=C\CCCCCCCC. The Hall–Kier alpha value is -4.97. The van der Waals surface area contributed by atoms with Crippen molar-refractivity contribution in [1.29, 1.82) is 0 Å². The zero-order valence-electron chi connectivity index (χ0n) is 40.9. The molecular formula is C59H88O6. The maximum absolute atomic E-state index is 12.8. The second-order valence-corrected chi connectivity index (χ2v) is 15.8. The number of hydrogen-bond donors (Lipinski definition) is 0. The normalized spacial score (nSPS) is 13.5. The van der Waals surface area contributed by atoms with Gasteiger partial charge in [-0.05, 0) is 89.9 Å². The molecule has 0 aliphatic rings. The molecule has 0 aromatic carbocycles. The number of carbonyl (C=O) groups is 3. The van der Waals surface area contributed by atoms with E-state index in [1.54, 1.807) is 0 Å². The Balaban J connectivity index is 4.66. The van der Waals surface area contributed by atoms with Crippen LogP contribution in [0.25, 0.3) is 0 Å². The zero-order chi connectivity index (χ0) is 47.2. The molecule has 0 spiro atoms. The molecule has 0 rings (SSSR count). The highest BCUT2D eigenvalue weighted by molar-refractivity contribution is 5.71. The molecule has 0 heterocycles. The maximum Gasteiger partial charge on any atom is 0.306 e. The molecule has 1 unspecified atom stereocenters. The third-order valence-electron chi connectivity index (χ3n) is 9.75. The van der Waals surface area contributed by atoms with E-state index in [9.17, 15) is 14.4 Å². The second-order valence-electron chi connectivity index (χ2n) is 15.8. The van der Waals surface area contributed by atoms with Crippen molar-refractivity contribution >= 4 is 17.9 Å². The summed E-state index contributed by atoms with van der Waals surface area (Å²) in [4.78, 5) is 37.9. The van der Waals surface area contributed by atoms with Crippen LogP contribution in [0.5, 0.6) is 0 Å². The van der Waals surface area contributed by atoms with Gasteiger partial charge in [-0.1, -0.05) is 224 Å². The van der Waals surface area contributed by atoms with Crippen LogP contribution in [0.15, 0.2) is 158 Å². The van der Waals surface area contributed by atoms with E-state index in [4.69, 9.17) is 14.2 Å². The molecule has 0 bridgehead atoms. The van der Waals surface area contributed by atoms with Crippen molar-refractivity contribution in [2.75, 3.05) is 13.2 Å². The molecule has 6 heteroatoms. The predicted octanol–water partition coefficient (Wildman–Crippen LogP) is 16.6. The van der Waals surface area contributed by atoms with Gasteiger partial charge in [-0.15, -0.1) is 0 Å². The summed E-state index contributed by atoms with van der Waals surface area (Å²) in [6.07, 6.45) is 75.1. The van der Waals surface area contributed by atoms with Crippen molar-refractivity contribution in [1.82, 2.24) is 0 Å². The number of ether oxygens (including phenoxy) is 3. The second kappa shape index (κ2) is 51.7. The van der Waals surface area contributed by atoms with Gasteiger partial charge in [-0.2, -0.15) is 0 Å². The lowest BCUT2D eigenvalue weighted by Gasteiger charge is -2.18. The van der Waals surface area contributed by atoms with Gasteiger partial charge in [0.1, 0.15) is 13.2 Å². The van der Waals surface area contributed by atoms with E-state index < -0.39 is 12.1 Å². The van der Waals surface area contributed by atoms with Gasteiger partial charge in [0.25, 0.3) is 0 Å². The van der Waals surface area contributed by atoms with Crippen LogP contribution in [0.4, 0.5) is 0 Å². The van der Waals surface area contributed by atoms with Crippen LogP contribution in [-0.4, -0.2) is 37.2 Å². The molecule has 0 saturated carbocycles. The summed E-state index contributed by atoms with van der Waals surface area (Å²) < 4.78 is 16.7. The van der Waals surface area contributed by atoms with Gasteiger partial charge >= 0.3 is 17.9 Å². The van der Waals surface area contributed by atoms with Gasteiger partial charge in [0.15, 0.2) is 6.10 Å². The molecule has 0 aromatic heterocycles. The summed E-state index contributed by atoms with van der Waals surface area (Å²) in [5, 5.41) is 0. The van der Waals surface area contributed by atoms with Crippen molar-refractivity contribution in [3.8, 4) is 0 Å². The fourth-order valence-electron chi connectivity index (χ4n) is 6.03. The van der Waals surface area contributed by atoms with Crippen LogP contribution in [0.1, 0.15) is 175 Å². The molecule has 0 aromatic rings. The molecule has 0 amide bonds. The van der Waals surface area contributed by atoms with Crippen molar-refractivity contribution in [2.45, 2.75) is 181 Å². The lowest BCUT2D eigenvalue weighted by molar-refractivity contribution is -0.167. The smallest absolute Gasteiger partial charge is 0.306 e. The molecule has 360 valence electrons. The first-order valence-electron chi connectivity index (χ1n) is 25.1. The monoisotopic (exact) mass is 893 g/mol. The van der Waals surface area contributed by atoms with Crippen molar-refractivity contribution in [3.63, 3.8) is 0 Å². The first-order chi connectivity index (χ1) is 32.0. The van der Waals surface area contributed by atoms with Crippen LogP contribution in [0, 0.1) is 0 Å². The summed E-state index contributed by atoms with van der Waals surface area (Å²) >= 11 is 0. The maximum atomic E-state index is 12.8. The van der Waals surface area contributed by atoms with Gasteiger partial charge in [-0.25, -0.2) is 0 Å². The number of esters is 3. The minimum Gasteiger partial charge on any atom is -0.462 e. The van der Waals surface area contributed by atoms with E-state index in [1.807, 2.05) is 97.2 Å². The fourth-order valence-corrected chi connectivity index (χ4v) is 6.03. The lowest BCUT2D eigenvalue weighted by atomic mass is 10.1. The minimum absolute atomic E-state index is 0.141. The molecular weight excluding hydrogens is 805 g/mol. The molecule has 0 radical (unpaired) electrons. The summed E-state index contributed by atoms with van der Waals surface area (Å²) in [6, 6.07) is 0. The number of hydrogen-bond acceptors (Lipinski definition) is 6. The van der Waals surface area contributed by atoms with Crippen LogP contribution in [0.3, 0.4) is 0 Å².